The summed E-state index contributed by atoms with van der Waals surface area (Å²) in [5, 5.41) is 2.88. The van der Waals surface area contributed by atoms with Crippen molar-refractivity contribution in [1.82, 2.24) is 15.2 Å². The number of rotatable bonds is 7. The molecule has 0 unspecified atom stereocenters. The molecular weight excluding hydrogens is 366 g/mol. The Labute approximate surface area is 172 Å². The van der Waals surface area contributed by atoms with Crippen LogP contribution in [0.4, 0.5) is 0 Å². The lowest BCUT2D eigenvalue weighted by Gasteiger charge is -2.32. The van der Waals surface area contributed by atoms with Crippen LogP contribution in [0.5, 0.6) is 0 Å². The lowest BCUT2D eigenvalue weighted by molar-refractivity contribution is -0.131. The van der Waals surface area contributed by atoms with Crippen molar-refractivity contribution in [3.8, 4) is 0 Å². The minimum Gasteiger partial charge on any atom is -0.383 e. The zero-order valence-corrected chi connectivity index (χ0v) is 17.2. The molecule has 29 heavy (non-hydrogen) atoms. The highest BCUT2D eigenvalue weighted by Crippen LogP contribution is 2.29. The summed E-state index contributed by atoms with van der Waals surface area (Å²) in [5.74, 6) is 0.218. The second kappa shape index (κ2) is 10.2. The smallest absolute Gasteiger partial charge is 0.253 e. The molecule has 1 fully saturated rings. The van der Waals surface area contributed by atoms with Crippen molar-refractivity contribution in [1.29, 1.82) is 0 Å². The minimum atomic E-state index is -0.118. The molecule has 6 heteroatoms. The predicted molar refractivity (Wildman–Crippen MR) is 112 cm³/mol. The first kappa shape index (κ1) is 21.0. The first-order chi connectivity index (χ1) is 14.1. The monoisotopic (exact) mass is 395 g/mol. The van der Waals surface area contributed by atoms with Gasteiger partial charge in [-0.3, -0.25) is 14.6 Å². The van der Waals surface area contributed by atoms with Crippen molar-refractivity contribution in [3.63, 3.8) is 0 Å². The van der Waals surface area contributed by atoms with Gasteiger partial charge in [0.15, 0.2) is 0 Å². The molecule has 0 spiro atoms. The third kappa shape index (κ3) is 5.64. The van der Waals surface area contributed by atoms with Gasteiger partial charge >= 0.3 is 0 Å². The number of ether oxygens (including phenoxy) is 1. The van der Waals surface area contributed by atoms with Gasteiger partial charge in [0, 0.05) is 38.4 Å². The maximum Gasteiger partial charge on any atom is 0.253 e. The summed E-state index contributed by atoms with van der Waals surface area (Å²) in [7, 11) is 1.61. The zero-order valence-electron chi connectivity index (χ0n) is 17.2. The summed E-state index contributed by atoms with van der Waals surface area (Å²) < 4.78 is 5.00. The summed E-state index contributed by atoms with van der Waals surface area (Å²) in [6, 6.07) is 13.6. The molecular formula is C23H29N3O3. The quantitative estimate of drug-likeness (QED) is 0.732. The predicted octanol–water partition coefficient (Wildman–Crippen LogP) is 2.71. The van der Waals surface area contributed by atoms with E-state index in [1.165, 1.54) is 0 Å². The molecule has 0 bridgehead atoms. The Morgan fingerprint density at radius 1 is 1.14 bits per heavy atom. The largest absolute Gasteiger partial charge is 0.383 e. The van der Waals surface area contributed by atoms with Crippen LogP contribution in [-0.2, 0) is 16.0 Å². The summed E-state index contributed by atoms with van der Waals surface area (Å²) in [6.07, 6.45) is 2.06. The molecule has 2 heterocycles. The van der Waals surface area contributed by atoms with Crippen LogP contribution in [0.2, 0.25) is 0 Å². The van der Waals surface area contributed by atoms with Gasteiger partial charge in [-0.15, -0.1) is 0 Å². The number of aromatic nitrogens is 1. The number of hydrogen-bond acceptors (Lipinski definition) is 4. The van der Waals surface area contributed by atoms with Gasteiger partial charge < -0.3 is 15.0 Å². The molecule has 1 aromatic heterocycles. The Bertz CT molecular complexity index is 831. The second-order valence-electron chi connectivity index (χ2n) is 7.45. The van der Waals surface area contributed by atoms with E-state index in [-0.39, 0.29) is 17.7 Å². The SMILES string of the molecule is COCCNC(=O)c1ccc(C)nc1C1CCN(C(=O)Cc2ccccc2)CC1. The molecule has 154 valence electrons. The van der Waals surface area contributed by atoms with Crippen LogP contribution < -0.4 is 5.32 Å². The van der Waals surface area contributed by atoms with Crippen LogP contribution in [-0.4, -0.2) is 55.0 Å². The Hall–Kier alpha value is -2.73. The molecule has 0 radical (unpaired) electrons. The topological polar surface area (TPSA) is 71.5 Å². The van der Waals surface area contributed by atoms with Crippen molar-refractivity contribution < 1.29 is 14.3 Å². The number of hydrogen-bond donors (Lipinski definition) is 1. The highest BCUT2D eigenvalue weighted by atomic mass is 16.5. The number of amides is 2. The number of nitrogens with one attached hydrogen (secondary N) is 1. The van der Waals surface area contributed by atoms with Crippen molar-refractivity contribution >= 4 is 11.8 Å². The van der Waals surface area contributed by atoms with Gasteiger partial charge in [0.25, 0.3) is 5.91 Å². The van der Waals surface area contributed by atoms with Gasteiger partial charge in [-0.2, -0.15) is 0 Å². The van der Waals surface area contributed by atoms with Gasteiger partial charge in [0.05, 0.1) is 24.3 Å². The van der Waals surface area contributed by atoms with E-state index < -0.39 is 0 Å². The average molecular weight is 396 g/mol. The number of carbonyl (C=O) groups is 2. The number of pyridine rings is 1. The lowest BCUT2D eigenvalue weighted by atomic mass is 9.89. The molecule has 0 atom stereocenters. The fraction of sp³-hybridized carbons (Fsp3) is 0.435. The number of benzene rings is 1. The zero-order chi connectivity index (χ0) is 20.6. The van der Waals surface area contributed by atoms with Crippen LogP contribution in [0.15, 0.2) is 42.5 Å². The Balaban J connectivity index is 1.63. The number of aryl methyl sites for hydroxylation is 1. The molecule has 1 aromatic carbocycles. The van der Waals surface area contributed by atoms with Crippen LogP contribution in [0.1, 0.15) is 46.1 Å². The second-order valence-corrected chi connectivity index (χ2v) is 7.45. The fourth-order valence-corrected chi connectivity index (χ4v) is 3.73. The van der Waals surface area contributed by atoms with Crippen LogP contribution in [0.25, 0.3) is 0 Å². The van der Waals surface area contributed by atoms with E-state index in [1.54, 1.807) is 7.11 Å². The first-order valence-corrected chi connectivity index (χ1v) is 10.1. The molecule has 6 nitrogen and oxygen atoms in total. The average Bonchev–Trinajstić information content (AvgIpc) is 2.74. The molecule has 1 saturated heterocycles. The van der Waals surface area contributed by atoms with E-state index in [9.17, 15) is 9.59 Å². The van der Waals surface area contributed by atoms with E-state index in [0.29, 0.717) is 38.2 Å². The van der Waals surface area contributed by atoms with E-state index in [4.69, 9.17) is 4.74 Å². The molecule has 2 amide bonds. The van der Waals surface area contributed by atoms with E-state index in [1.807, 2.05) is 54.3 Å². The lowest BCUT2D eigenvalue weighted by Crippen LogP contribution is -2.39. The van der Waals surface area contributed by atoms with Gasteiger partial charge in [-0.25, -0.2) is 0 Å². The van der Waals surface area contributed by atoms with E-state index in [2.05, 4.69) is 10.3 Å². The normalized spacial score (nSPS) is 14.6. The molecule has 0 saturated carbocycles. The number of carbonyl (C=O) groups excluding carboxylic acids is 2. The molecule has 1 aliphatic rings. The molecule has 2 aromatic rings. The summed E-state index contributed by atoms with van der Waals surface area (Å²) >= 11 is 0. The van der Waals surface area contributed by atoms with Gasteiger partial charge in [-0.1, -0.05) is 30.3 Å². The molecule has 1 N–H and O–H groups in total. The molecule has 1 aliphatic heterocycles. The third-order valence-electron chi connectivity index (χ3n) is 5.33. The summed E-state index contributed by atoms with van der Waals surface area (Å²) in [6.45, 7) is 4.26. The number of likely N-dealkylation sites (tertiary alicyclic amines) is 1. The molecule has 0 aliphatic carbocycles. The van der Waals surface area contributed by atoms with Crippen molar-refractivity contribution in [2.24, 2.45) is 0 Å². The standard InChI is InChI=1S/C23H29N3O3/c1-17-8-9-20(23(28)24-12-15-29-2)22(25-17)19-10-13-26(14-11-19)21(27)16-18-6-4-3-5-7-18/h3-9,19H,10-16H2,1-2H3,(H,24,28). The van der Waals surface area contributed by atoms with E-state index >= 15 is 0 Å². The number of piperidine rings is 1. The molecule has 3 rings (SSSR count). The van der Waals surface area contributed by atoms with Gasteiger partial charge in [-0.05, 0) is 37.5 Å². The van der Waals surface area contributed by atoms with Crippen molar-refractivity contribution in [2.45, 2.75) is 32.1 Å². The Morgan fingerprint density at radius 3 is 2.55 bits per heavy atom. The van der Waals surface area contributed by atoms with Gasteiger partial charge in [0.2, 0.25) is 5.91 Å². The third-order valence-corrected chi connectivity index (χ3v) is 5.33. The summed E-state index contributed by atoms with van der Waals surface area (Å²) in [5.41, 5.74) is 3.40. The summed E-state index contributed by atoms with van der Waals surface area (Å²) in [4.78, 5) is 31.8. The van der Waals surface area contributed by atoms with Crippen molar-refractivity contribution in [3.05, 3.63) is 65.0 Å². The van der Waals surface area contributed by atoms with Crippen LogP contribution in [0.3, 0.4) is 0 Å². The number of methoxy groups -OCH3 is 1. The number of nitrogens with zero attached hydrogens (tertiary/aromatic N) is 2. The minimum absolute atomic E-state index is 0.118. The van der Waals surface area contributed by atoms with Crippen molar-refractivity contribution in [2.75, 3.05) is 33.4 Å². The van der Waals surface area contributed by atoms with Crippen LogP contribution >= 0.6 is 0 Å². The Morgan fingerprint density at radius 2 is 1.86 bits per heavy atom. The van der Waals surface area contributed by atoms with Gasteiger partial charge in [0.1, 0.15) is 0 Å². The Kier molecular flexibility index (Phi) is 7.36. The maximum absolute atomic E-state index is 12.6. The fourth-order valence-electron chi connectivity index (χ4n) is 3.73. The van der Waals surface area contributed by atoms with E-state index in [0.717, 1.165) is 29.8 Å². The van der Waals surface area contributed by atoms with Crippen LogP contribution in [0, 0.1) is 6.92 Å². The highest BCUT2D eigenvalue weighted by Gasteiger charge is 2.27. The first-order valence-electron chi connectivity index (χ1n) is 10.1. The highest BCUT2D eigenvalue weighted by molar-refractivity contribution is 5.95. The maximum atomic E-state index is 12.6.